The molecule has 204 valence electrons. The smallest absolute Gasteiger partial charge is 0.408 e. The Balaban J connectivity index is 0. The first kappa shape index (κ1) is 37.2. The van der Waals surface area contributed by atoms with Gasteiger partial charge in [0.15, 0.2) is 6.04 Å². The van der Waals surface area contributed by atoms with E-state index in [0.29, 0.717) is 13.0 Å². The van der Waals surface area contributed by atoms with Crippen LogP contribution in [0.15, 0.2) is 30.3 Å². The van der Waals surface area contributed by atoms with Crippen molar-refractivity contribution in [3.05, 3.63) is 35.9 Å². The molecular formula is C25H42NO7PSTi. The summed E-state index contributed by atoms with van der Waals surface area (Å²) in [4.78, 5) is 25.0. The van der Waals surface area contributed by atoms with Gasteiger partial charge in [0.05, 0.1) is 12.7 Å². The Morgan fingerprint density at radius 1 is 1.08 bits per heavy atom. The van der Waals surface area contributed by atoms with Crippen molar-refractivity contribution in [1.29, 1.82) is 0 Å². The van der Waals surface area contributed by atoms with E-state index in [4.69, 9.17) is 18.9 Å². The van der Waals surface area contributed by atoms with Gasteiger partial charge in [-0.2, -0.15) is 0 Å². The number of ether oxygens (including phenoxy) is 4. The van der Waals surface area contributed by atoms with Crippen molar-refractivity contribution in [2.24, 2.45) is 11.8 Å². The van der Waals surface area contributed by atoms with Crippen molar-refractivity contribution in [1.82, 2.24) is 5.32 Å². The zero-order chi connectivity index (χ0) is 27.0. The molecule has 0 aromatic heterocycles. The first-order chi connectivity index (χ1) is 16.5. The van der Waals surface area contributed by atoms with E-state index < -0.39 is 35.9 Å². The Morgan fingerprint density at radius 3 is 2.14 bits per heavy atom. The Hall–Kier alpha value is -0.926. The molecule has 2 N–H and O–H groups in total. The number of amides is 1. The number of alkyl carbamates (subject to hydrolysis) is 1. The molecule has 1 aromatic rings. The van der Waals surface area contributed by atoms with Crippen LogP contribution in [-0.2, 0) is 63.7 Å². The summed E-state index contributed by atoms with van der Waals surface area (Å²) in [5.41, 5.74) is 0.345. The molecule has 0 heterocycles. The van der Waals surface area contributed by atoms with Crippen molar-refractivity contribution < 1.29 is 55.4 Å². The van der Waals surface area contributed by atoms with E-state index in [-0.39, 0.29) is 46.8 Å². The van der Waals surface area contributed by atoms with Crippen molar-refractivity contribution >= 4 is 31.9 Å². The number of hydrogen-bond donors (Lipinski definition) is 2. The second-order valence-corrected chi connectivity index (χ2v) is 9.62. The van der Waals surface area contributed by atoms with Gasteiger partial charge in [0.2, 0.25) is 0 Å². The van der Waals surface area contributed by atoms with Gasteiger partial charge in [0.1, 0.15) is 11.7 Å². The topological polar surface area (TPSA) is 103 Å². The molecule has 0 saturated carbocycles. The van der Waals surface area contributed by atoms with Crippen LogP contribution in [0.25, 0.3) is 0 Å². The van der Waals surface area contributed by atoms with Gasteiger partial charge in [-0.05, 0) is 53.6 Å². The van der Waals surface area contributed by atoms with Gasteiger partial charge < -0.3 is 29.4 Å². The molecule has 36 heavy (non-hydrogen) atoms. The number of benzene rings is 1. The third-order valence-electron chi connectivity index (χ3n) is 4.74. The predicted octanol–water partition coefficient (Wildman–Crippen LogP) is 3.94. The molecule has 0 aliphatic rings. The third kappa shape index (κ3) is 16.0. The van der Waals surface area contributed by atoms with Crippen LogP contribution >= 0.6 is 8.02 Å². The fourth-order valence-corrected chi connectivity index (χ4v) is 3.28. The van der Waals surface area contributed by atoms with Crippen LogP contribution in [0.5, 0.6) is 0 Å². The van der Waals surface area contributed by atoms with Gasteiger partial charge in [-0.15, -0.1) is 0 Å². The first-order valence-electron chi connectivity index (χ1n) is 11.6. The maximum atomic E-state index is 12.9. The molecule has 0 saturated heterocycles. The summed E-state index contributed by atoms with van der Waals surface area (Å²) >= 11 is 3.89. The van der Waals surface area contributed by atoms with E-state index in [1.54, 1.807) is 27.7 Å². The van der Waals surface area contributed by atoms with Gasteiger partial charge in [-0.3, -0.25) is 0 Å². The second-order valence-electron chi connectivity index (χ2n) is 9.62. The molecule has 11 heteroatoms. The number of rotatable bonds is 13. The molecule has 0 spiro atoms. The van der Waals surface area contributed by atoms with Crippen molar-refractivity contribution in [2.75, 3.05) is 26.9 Å². The standard InChI is InChI=1S/C25H41NO7.HPS.Ti/c1-17(2)15-31-22(20(14-27)13-19-11-9-8-10-12-19)18(3)32-23(28)21(16-30-7)26-24(29)33-25(4,5)6;1-2;/h8-12,17-18,20-22,27H,13-16H2,1-7H3,(H,26,29);1H;. The summed E-state index contributed by atoms with van der Waals surface area (Å²) in [6.07, 6.45) is -1.37. The molecule has 8 nitrogen and oxygen atoms in total. The molecule has 0 fully saturated rings. The summed E-state index contributed by atoms with van der Waals surface area (Å²) in [6, 6.07) is 8.74. The Labute approximate surface area is 238 Å². The largest absolute Gasteiger partial charge is 0.458 e. The van der Waals surface area contributed by atoms with E-state index >= 15 is 0 Å². The fraction of sp³-hybridized carbons (Fsp3) is 0.680. The summed E-state index contributed by atoms with van der Waals surface area (Å²) in [5.74, 6) is -0.681. The number of methoxy groups -OCH3 is 1. The number of aliphatic hydroxyl groups is 1. The summed E-state index contributed by atoms with van der Waals surface area (Å²) in [7, 11) is 3.98. The number of carbonyl (C=O) groups excluding carboxylic acids is 2. The van der Waals surface area contributed by atoms with Crippen LogP contribution in [0, 0.1) is 11.8 Å². The van der Waals surface area contributed by atoms with E-state index in [1.807, 2.05) is 44.2 Å². The number of esters is 1. The van der Waals surface area contributed by atoms with Gasteiger partial charge >= 0.3 is 12.1 Å². The molecular weight excluding hydrogens is 537 g/mol. The minimum atomic E-state index is -1.04. The Morgan fingerprint density at radius 2 is 1.67 bits per heavy atom. The minimum Gasteiger partial charge on any atom is -0.458 e. The average Bonchev–Trinajstić information content (AvgIpc) is 2.78. The zero-order valence-electron chi connectivity index (χ0n) is 22.4. The average molecular weight is 580 g/mol. The van der Waals surface area contributed by atoms with E-state index in [2.05, 4.69) is 25.1 Å². The molecule has 0 radical (unpaired) electrons. The summed E-state index contributed by atoms with van der Waals surface area (Å²) in [5, 5.41) is 12.6. The fourth-order valence-electron chi connectivity index (χ4n) is 3.28. The number of nitrogens with one attached hydrogen (secondary N) is 1. The Kier molecular flexibility index (Phi) is 20.8. The second kappa shape index (κ2) is 20.1. The van der Waals surface area contributed by atoms with Crippen LogP contribution in [0.2, 0.25) is 0 Å². The van der Waals surface area contributed by atoms with Crippen LogP contribution in [0.1, 0.15) is 47.1 Å². The molecule has 1 amide bonds. The first-order valence-corrected chi connectivity index (χ1v) is 13.3. The van der Waals surface area contributed by atoms with E-state index in [0.717, 1.165) is 5.56 Å². The molecule has 0 aliphatic heterocycles. The minimum absolute atomic E-state index is 0. The molecule has 0 aliphatic carbocycles. The van der Waals surface area contributed by atoms with Crippen LogP contribution in [0.3, 0.4) is 0 Å². The van der Waals surface area contributed by atoms with Crippen molar-refractivity contribution in [3.63, 3.8) is 0 Å². The van der Waals surface area contributed by atoms with Crippen molar-refractivity contribution in [3.8, 4) is 0 Å². The normalized spacial score (nSPS) is 14.2. The SMILES string of the molecule is COCC(NC(=O)OC(C)(C)C)C(=O)OC(C)C(OCC(C)C)C(CO)Cc1ccccc1.P=S.[Ti]. The number of carbonyl (C=O) groups is 2. The molecule has 4 atom stereocenters. The van der Waals surface area contributed by atoms with Crippen molar-refractivity contribution in [2.45, 2.75) is 71.8 Å². The molecule has 1 aromatic carbocycles. The molecule has 4 unspecified atom stereocenters. The predicted molar refractivity (Wildman–Crippen MR) is 142 cm³/mol. The number of aliphatic hydroxyl groups excluding tert-OH is 1. The number of hydrogen-bond acceptors (Lipinski definition) is 8. The van der Waals surface area contributed by atoms with Crippen LogP contribution in [0.4, 0.5) is 4.79 Å². The summed E-state index contributed by atoms with van der Waals surface area (Å²) in [6.45, 7) is 11.2. The quantitative estimate of drug-likeness (QED) is 0.206. The molecule has 0 bridgehead atoms. The monoisotopic (exact) mass is 579 g/mol. The van der Waals surface area contributed by atoms with Gasteiger partial charge in [-0.1, -0.05) is 56.0 Å². The van der Waals surface area contributed by atoms with E-state index in [9.17, 15) is 14.7 Å². The maximum absolute atomic E-state index is 12.9. The van der Waals surface area contributed by atoms with Gasteiger partial charge in [-0.25, -0.2) is 9.59 Å². The van der Waals surface area contributed by atoms with Gasteiger partial charge in [0.25, 0.3) is 0 Å². The maximum Gasteiger partial charge on any atom is 0.408 e. The van der Waals surface area contributed by atoms with Crippen LogP contribution < -0.4 is 5.32 Å². The van der Waals surface area contributed by atoms with E-state index in [1.165, 1.54) is 7.11 Å². The van der Waals surface area contributed by atoms with Crippen LogP contribution in [-0.4, -0.2) is 68.0 Å². The van der Waals surface area contributed by atoms with Gasteiger partial charge in [0, 0.05) is 48.0 Å². The zero-order valence-corrected chi connectivity index (χ0v) is 25.8. The molecule has 1 rings (SSSR count). The Bertz CT molecular complexity index is 737. The summed E-state index contributed by atoms with van der Waals surface area (Å²) < 4.78 is 22.1. The third-order valence-corrected chi connectivity index (χ3v) is 4.74.